The van der Waals surface area contributed by atoms with Crippen molar-refractivity contribution in [3.05, 3.63) is 35.4 Å². The van der Waals surface area contributed by atoms with Crippen LogP contribution in [0.3, 0.4) is 0 Å². The van der Waals surface area contributed by atoms with Crippen molar-refractivity contribution in [1.29, 1.82) is 0 Å². The minimum atomic E-state index is 0.738. The van der Waals surface area contributed by atoms with Gasteiger partial charge in [0.2, 0.25) is 0 Å². The molecular formula is C16H25N3O. The number of guanidine groups is 1. The Hall–Kier alpha value is -1.55. The molecule has 0 atom stereocenters. The second-order valence-electron chi connectivity index (χ2n) is 5.36. The third-order valence-corrected chi connectivity index (χ3v) is 3.36. The summed E-state index contributed by atoms with van der Waals surface area (Å²) in [5.74, 6) is 1.65. The fourth-order valence-corrected chi connectivity index (χ4v) is 2.00. The molecule has 0 bridgehead atoms. The lowest BCUT2D eigenvalue weighted by Gasteiger charge is -2.12. The summed E-state index contributed by atoms with van der Waals surface area (Å²) < 4.78 is 5.59. The maximum atomic E-state index is 5.59. The van der Waals surface area contributed by atoms with E-state index in [2.05, 4.69) is 46.8 Å². The standard InChI is InChI=1S/C16H25N3O/c1-13-4-3-5-15(10-13)11-19-16(17-2)18-8-9-20-12-14-6-7-14/h3-5,10,14H,6-9,11-12H2,1-2H3,(H2,17,18,19). The summed E-state index contributed by atoms with van der Waals surface area (Å²) in [5, 5.41) is 6.57. The van der Waals surface area contributed by atoms with Crippen molar-refractivity contribution >= 4 is 5.96 Å². The lowest BCUT2D eigenvalue weighted by Crippen LogP contribution is -2.38. The smallest absolute Gasteiger partial charge is 0.191 e. The molecule has 1 aromatic carbocycles. The lowest BCUT2D eigenvalue weighted by atomic mass is 10.1. The van der Waals surface area contributed by atoms with Gasteiger partial charge in [0.15, 0.2) is 5.96 Å². The molecule has 0 spiro atoms. The predicted molar refractivity (Wildman–Crippen MR) is 82.9 cm³/mol. The fraction of sp³-hybridized carbons (Fsp3) is 0.562. The highest BCUT2D eigenvalue weighted by molar-refractivity contribution is 5.79. The summed E-state index contributed by atoms with van der Waals surface area (Å²) >= 11 is 0. The Bertz CT molecular complexity index is 441. The number of benzene rings is 1. The van der Waals surface area contributed by atoms with E-state index in [0.717, 1.165) is 38.2 Å². The fourth-order valence-electron chi connectivity index (χ4n) is 2.00. The number of aliphatic imine (C=N–C) groups is 1. The Morgan fingerprint density at radius 2 is 2.20 bits per heavy atom. The van der Waals surface area contributed by atoms with Gasteiger partial charge in [-0.1, -0.05) is 29.8 Å². The number of ether oxygens (including phenoxy) is 1. The van der Waals surface area contributed by atoms with E-state index < -0.39 is 0 Å². The number of aryl methyl sites for hydroxylation is 1. The Kier molecular flexibility index (Phi) is 5.87. The third kappa shape index (κ3) is 5.61. The summed E-state index contributed by atoms with van der Waals surface area (Å²) in [6, 6.07) is 8.48. The molecule has 1 saturated carbocycles. The van der Waals surface area contributed by atoms with Crippen molar-refractivity contribution < 1.29 is 4.74 Å². The lowest BCUT2D eigenvalue weighted by molar-refractivity contribution is 0.129. The van der Waals surface area contributed by atoms with Crippen LogP contribution in [-0.4, -0.2) is 32.8 Å². The Labute approximate surface area is 121 Å². The molecule has 0 saturated heterocycles. The van der Waals surface area contributed by atoms with Crippen molar-refractivity contribution in [2.45, 2.75) is 26.3 Å². The van der Waals surface area contributed by atoms with Crippen LogP contribution in [0.25, 0.3) is 0 Å². The first-order valence-corrected chi connectivity index (χ1v) is 7.35. The highest BCUT2D eigenvalue weighted by atomic mass is 16.5. The highest BCUT2D eigenvalue weighted by Crippen LogP contribution is 2.28. The van der Waals surface area contributed by atoms with Gasteiger partial charge in [0, 0.05) is 26.7 Å². The second-order valence-corrected chi connectivity index (χ2v) is 5.36. The maximum absolute atomic E-state index is 5.59. The molecule has 1 fully saturated rings. The zero-order valence-electron chi connectivity index (χ0n) is 12.5. The largest absolute Gasteiger partial charge is 0.379 e. The van der Waals surface area contributed by atoms with Crippen LogP contribution >= 0.6 is 0 Å². The molecule has 20 heavy (non-hydrogen) atoms. The highest BCUT2D eigenvalue weighted by Gasteiger charge is 2.20. The zero-order valence-corrected chi connectivity index (χ0v) is 12.5. The summed E-state index contributed by atoms with van der Waals surface area (Å²) in [6.45, 7) is 5.33. The number of nitrogens with zero attached hydrogens (tertiary/aromatic N) is 1. The molecule has 0 amide bonds. The molecular weight excluding hydrogens is 250 g/mol. The quantitative estimate of drug-likeness (QED) is 0.455. The van der Waals surface area contributed by atoms with Crippen molar-refractivity contribution in [3.63, 3.8) is 0 Å². The van der Waals surface area contributed by atoms with Gasteiger partial charge in [-0.25, -0.2) is 0 Å². The van der Waals surface area contributed by atoms with Crippen LogP contribution in [0.2, 0.25) is 0 Å². The number of hydrogen-bond acceptors (Lipinski definition) is 2. The molecule has 0 unspecified atom stereocenters. The van der Waals surface area contributed by atoms with Gasteiger partial charge in [0.1, 0.15) is 0 Å². The first kappa shape index (κ1) is 14.9. The van der Waals surface area contributed by atoms with Gasteiger partial charge < -0.3 is 15.4 Å². The summed E-state index contributed by atoms with van der Waals surface area (Å²) in [5.41, 5.74) is 2.54. The molecule has 0 aliphatic heterocycles. The molecule has 1 aliphatic rings. The van der Waals surface area contributed by atoms with Crippen LogP contribution in [0, 0.1) is 12.8 Å². The van der Waals surface area contributed by atoms with Crippen molar-refractivity contribution in [3.8, 4) is 0 Å². The third-order valence-electron chi connectivity index (χ3n) is 3.36. The van der Waals surface area contributed by atoms with E-state index in [0.29, 0.717) is 0 Å². The SMILES string of the molecule is CN=C(NCCOCC1CC1)NCc1cccc(C)c1. The van der Waals surface area contributed by atoms with Crippen LogP contribution < -0.4 is 10.6 Å². The normalized spacial score (nSPS) is 15.2. The molecule has 0 radical (unpaired) electrons. The molecule has 4 heteroatoms. The predicted octanol–water partition coefficient (Wildman–Crippen LogP) is 2.09. The van der Waals surface area contributed by atoms with Crippen LogP contribution in [0.4, 0.5) is 0 Å². The van der Waals surface area contributed by atoms with Gasteiger partial charge >= 0.3 is 0 Å². The Balaban J connectivity index is 1.61. The molecule has 2 N–H and O–H groups in total. The topological polar surface area (TPSA) is 45.7 Å². The Morgan fingerprint density at radius 1 is 1.35 bits per heavy atom. The van der Waals surface area contributed by atoms with Gasteiger partial charge in [-0.3, -0.25) is 4.99 Å². The summed E-state index contributed by atoms with van der Waals surface area (Å²) in [6.07, 6.45) is 2.68. The van der Waals surface area contributed by atoms with Crippen LogP contribution in [0.5, 0.6) is 0 Å². The Morgan fingerprint density at radius 3 is 2.90 bits per heavy atom. The summed E-state index contributed by atoms with van der Waals surface area (Å²) in [7, 11) is 1.79. The minimum absolute atomic E-state index is 0.738. The van der Waals surface area contributed by atoms with Crippen LogP contribution in [0.1, 0.15) is 24.0 Å². The minimum Gasteiger partial charge on any atom is -0.379 e. The molecule has 2 rings (SSSR count). The number of hydrogen-bond donors (Lipinski definition) is 2. The van der Waals surface area contributed by atoms with E-state index in [1.807, 2.05) is 0 Å². The van der Waals surface area contributed by atoms with Gasteiger partial charge in [0.05, 0.1) is 6.61 Å². The van der Waals surface area contributed by atoms with Gasteiger partial charge in [-0.2, -0.15) is 0 Å². The summed E-state index contributed by atoms with van der Waals surface area (Å²) in [4.78, 5) is 4.21. The van der Waals surface area contributed by atoms with Crippen molar-refractivity contribution in [1.82, 2.24) is 10.6 Å². The van der Waals surface area contributed by atoms with Crippen LogP contribution in [0.15, 0.2) is 29.3 Å². The van der Waals surface area contributed by atoms with E-state index in [-0.39, 0.29) is 0 Å². The second kappa shape index (κ2) is 7.90. The number of rotatable bonds is 7. The first-order chi connectivity index (χ1) is 9.78. The molecule has 0 aromatic heterocycles. The van der Waals surface area contributed by atoms with E-state index in [1.54, 1.807) is 7.05 Å². The van der Waals surface area contributed by atoms with Gasteiger partial charge in [-0.05, 0) is 31.2 Å². The molecule has 1 aromatic rings. The van der Waals surface area contributed by atoms with E-state index in [1.165, 1.54) is 24.0 Å². The van der Waals surface area contributed by atoms with Gasteiger partial charge in [0.25, 0.3) is 0 Å². The molecule has 0 heterocycles. The monoisotopic (exact) mass is 275 g/mol. The van der Waals surface area contributed by atoms with Crippen LogP contribution in [-0.2, 0) is 11.3 Å². The van der Waals surface area contributed by atoms with Gasteiger partial charge in [-0.15, -0.1) is 0 Å². The average molecular weight is 275 g/mol. The van der Waals surface area contributed by atoms with Crippen molar-refractivity contribution in [2.75, 3.05) is 26.8 Å². The van der Waals surface area contributed by atoms with E-state index in [9.17, 15) is 0 Å². The van der Waals surface area contributed by atoms with E-state index in [4.69, 9.17) is 4.74 Å². The molecule has 1 aliphatic carbocycles. The van der Waals surface area contributed by atoms with Crippen molar-refractivity contribution in [2.24, 2.45) is 10.9 Å². The molecule has 110 valence electrons. The van der Waals surface area contributed by atoms with E-state index >= 15 is 0 Å². The number of nitrogens with one attached hydrogen (secondary N) is 2. The average Bonchev–Trinajstić information content (AvgIpc) is 3.26. The zero-order chi connectivity index (χ0) is 14.2. The molecule has 4 nitrogen and oxygen atoms in total. The first-order valence-electron chi connectivity index (χ1n) is 7.35. The maximum Gasteiger partial charge on any atom is 0.191 e.